The smallest absolute Gasteiger partial charge is 0.490 e. The van der Waals surface area contributed by atoms with Gasteiger partial charge in [0.1, 0.15) is 5.73 Å². The van der Waals surface area contributed by atoms with Gasteiger partial charge in [-0.15, -0.1) is 0 Å². The molecule has 2 rings (SSSR count). The summed E-state index contributed by atoms with van der Waals surface area (Å²) in [6, 6.07) is 4.28. The number of hydrogen-bond acceptors (Lipinski definition) is 5. The molecule has 0 N–H and O–H groups in total. The number of nitrogens with zero attached hydrogens (tertiary/aromatic N) is 1. The summed E-state index contributed by atoms with van der Waals surface area (Å²) < 4.78 is 31.1. The van der Waals surface area contributed by atoms with Crippen molar-refractivity contribution in [3.05, 3.63) is 39.6 Å². The highest BCUT2D eigenvalue weighted by Gasteiger charge is 2.53. The molecular weight excluding hydrogens is 316 g/mol. The van der Waals surface area contributed by atoms with Gasteiger partial charge in [-0.05, 0) is 51.8 Å². The monoisotopic (exact) mass is 337 g/mol. The fourth-order valence-electron chi connectivity index (χ4n) is 2.33. The quantitative estimate of drug-likeness (QED) is 0.473. The van der Waals surface area contributed by atoms with Crippen molar-refractivity contribution in [1.82, 2.24) is 0 Å². The summed E-state index contributed by atoms with van der Waals surface area (Å²) in [5.74, 6) is 0.118. The highest BCUT2D eigenvalue weighted by Crippen LogP contribution is 2.40. The van der Waals surface area contributed by atoms with Crippen LogP contribution in [0.1, 0.15) is 40.2 Å². The number of ether oxygens (including phenoxy) is 1. The number of halogens is 1. The van der Waals surface area contributed by atoms with Crippen molar-refractivity contribution in [3.63, 3.8) is 0 Å². The summed E-state index contributed by atoms with van der Waals surface area (Å²) in [6.45, 7) is 8.84. The largest absolute Gasteiger partial charge is 0.525 e. The molecule has 0 saturated carbocycles. The van der Waals surface area contributed by atoms with E-state index in [1.54, 1.807) is 6.07 Å². The first kappa shape index (κ1) is 18.4. The molecular formula is C16H21BFNO5. The van der Waals surface area contributed by atoms with Gasteiger partial charge in [0.15, 0.2) is 5.75 Å². The SMILES string of the molecule is COc1ccc(C(C)=C(F)B2OC(C)(C)C(C)(C)O2)cc1[N+](=O)[O-]. The van der Waals surface area contributed by atoms with Gasteiger partial charge in [0.2, 0.25) is 0 Å². The lowest BCUT2D eigenvalue weighted by atomic mass is 9.83. The molecule has 0 bridgehead atoms. The van der Waals surface area contributed by atoms with Crippen molar-refractivity contribution in [1.29, 1.82) is 0 Å². The summed E-state index contributed by atoms with van der Waals surface area (Å²) in [4.78, 5) is 10.6. The number of allylic oxidation sites excluding steroid dienone is 1. The highest BCUT2D eigenvalue weighted by molar-refractivity contribution is 6.55. The molecule has 0 amide bonds. The third-order valence-electron chi connectivity index (χ3n) is 4.63. The topological polar surface area (TPSA) is 70.8 Å². The maximum Gasteiger partial charge on any atom is 0.525 e. The second-order valence-electron chi connectivity index (χ2n) is 6.70. The number of benzene rings is 1. The Morgan fingerprint density at radius 1 is 1.25 bits per heavy atom. The van der Waals surface area contributed by atoms with E-state index in [0.717, 1.165) is 0 Å². The van der Waals surface area contributed by atoms with Crippen LogP contribution in [0, 0.1) is 10.1 Å². The molecule has 0 atom stereocenters. The molecule has 130 valence electrons. The molecule has 1 aromatic rings. The zero-order valence-corrected chi connectivity index (χ0v) is 14.7. The summed E-state index contributed by atoms with van der Waals surface area (Å²) >= 11 is 0. The van der Waals surface area contributed by atoms with Crippen LogP contribution in [0.5, 0.6) is 5.75 Å². The molecule has 0 aliphatic carbocycles. The highest BCUT2D eigenvalue weighted by atomic mass is 19.1. The van der Waals surface area contributed by atoms with Gasteiger partial charge < -0.3 is 14.0 Å². The van der Waals surface area contributed by atoms with Gasteiger partial charge in [0.25, 0.3) is 0 Å². The summed E-state index contributed by atoms with van der Waals surface area (Å²) in [5.41, 5.74) is -1.57. The molecule has 1 fully saturated rings. The van der Waals surface area contributed by atoms with Crippen LogP contribution in [0.3, 0.4) is 0 Å². The molecule has 1 aromatic carbocycles. The van der Waals surface area contributed by atoms with E-state index in [9.17, 15) is 14.5 Å². The molecule has 0 spiro atoms. The van der Waals surface area contributed by atoms with Gasteiger partial charge >= 0.3 is 12.8 Å². The van der Waals surface area contributed by atoms with E-state index in [1.807, 2.05) is 27.7 Å². The van der Waals surface area contributed by atoms with Gasteiger partial charge in [0, 0.05) is 6.07 Å². The van der Waals surface area contributed by atoms with Gasteiger partial charge in [-0.3, -0.25) is 10.1 Å². The number of rotatable bonds is 4. The van der Waals surface area contributed by atoms with Gasteiger partial charge in [-0.25, -0.2) is 4.39 Å². The fourth-order valence-corrected chi connectivity index (χ4v) is 2.33. The van der Waals surface area contributed by atoms with Gasteiger partial charge in [0.05, 0.1) is 23.2 Å². The number of methoxy groups -OCH3 is 1. The molecule has 1 aliphatic heterocycles. The molecule has 0 radical (unpaired) electrons. The zero-order chi connectivity index (χ0) is 18.3. The molecule has 1 heterocycles. The predicted octanol–water partition coefficient (Wildman–Crippen LogP) is 3.94. The Kier molecular flexibility index (Phi) is 4.74. The number of nitro benzene ring substituents is 1. The van der Waals surface area contributed by atoms with E-state index in [1.165, 1.54) is 26.2 Å². The summed E-state index contributed by atoms with van der Waals surface area (Å²) in [5, 5.41) is 11.1. The summed E-state index contributed by atoms with van der Waals surface area (Å²) in [6.07, 6.45) is 0. The maximum atomic E-state index is 14.8. The summed E-state index contributed by atoms with van der Waals surface area (Å²) in [7, 11) is 0.200. The van der Waals surface area contributed by atoms with Gasteiger partial charge in [-0.2, -0.15) is 0 Å². The molecule has 1 saturated heterocycles. The van der Waals surface area contributed by atoms with E-state index in [4.69, 9.17) is 14.0 Å². The predicted molar refractivity (Wildman–Crippen MR) is 89.4 cm³/mol. The second kappa shape index (κ2) is 6.18. The lowest BCUT2D eigenvalue weighted by molar-refractivity contribution is -0.385. The Morgan fingerprint density at radius 2 is 1.79 bits per heavy atom. The number of nitro groups is 1. The lowest BCUT2D eigenvalue weighted by Crippen LogP contribution is -2.41. The Balaban J connectivity index is 2.40. The van der Waals surface area contributed by atoms with Crippen LogP contribution in [0.25, 0.3) is 5.57 Å². The average Bonchev–Trinajstić information content (AvgIpc) is 2.73. The molecule has 0 unspecified atom stereocenters. The van der Waals surface area contributed by atoms with Crippen molar-refractivity contribution in [2.75, 3.05) is 7.11 Å². The van der Waals surface area contributed by atoms with Crippen LogP contribution in [-0.4, -0.2) is 30.4 Å². The molecule has 8 heteroatoms. The maximum absolute atomic E-state index is 14.8. The van der Waals surface area contributed by atoms with Gasteiger partial charge in [-0.1, -0.05) is 6.07 Å². The van der Waals surface area contributed by atoms with Crippen molar-refractivity contribution < 1.29 is 23.4 Å². The van der Waals surface area contributed by atoms with E-state index in [-0.39, 0.29) is 17.0 Å². The number of hydrogen-bond donors (Lipinski definition) is 0. The van der Waals surface area contributed by atoms with E-state index in [2.05, 4.69) is 0 Å². The Morgan fingerprint density at radius 3 is 2.25 bits per heavy atom. The van der Waals surface area contributed by atoms with Crippen LogP contribution < -0.4 is 4.74 Å². The van der Waals surface area contributed by atoms with Crippen LogP contribution in [0.2, 0.25) is 0 Å². The van der Waals surface area contributed by atoms with Crippen LogP contribution in [0.4, 0.5) is 10.1 Å². The fraction of sp³-hybridized carbons (Fsp3) is 0.500. The molecule has 6 nitrogen and oxygen atoms in total. The normalized spacial score (nSPS) is 19.9. The van der Waals surface area contributed by atoms with Crippen molar-refractivity contribution >= 4 is 18.4 Å². The standard InChI is InChI=1S/C16H21BFNO5/c1-10(11-7-8-13(22-6)12(9-11)19(20)21)14(18)17-23-15(2,3)16(4,5)24-17/h7-9H,1-6H3. The Labute approximate surface area is 140 Å². The minimum absolute atomic E-state index is 0.118. The van der Waals surface area contributed by atoms with E-state index >= 15 is 0 Å². The first-order chi connectivity index (χ1) is 11.0. The third kappa shape index (κ3) is 3.16. The van der Waals surface area contributed by atoms with Crippen molar-refractivity contribution in [2.45, 2.75) is 45.8 Å². The average molecular weight is 337 g/mol. The minimum Gasteiger partial charge on any atom is -0.490 e. The minimum atomic E-state index is -1.14. The zero-order valence-electron chi connectivity index (χ0n) is 14.7. The van der Waals surface area contributed by atoms with Crippen LogP contribution in [-0.2, 0) is 9.31 Å². The lowest BCUT2D eigenvalue weighted by Gasteiger charge is -2.32. The Hall–Kier alpha value is -1.93. The molecule has 0 aromatic heterocycles. The van der Waals surface area contributed by atoms with E-state index < -0.39 is 29.0 Å². The molecule has 24 heavy (non-hydrogen) atoms. The Bertz CT molecular complexity index is 686. The van der Waals surface area contributed by atoms with Crippen LogP contribution in [0.15, 0.2) is 23.9 Å². The van der Waals surface area contributed by atoms with E-state index in [0.29, 0.717) is 5.56 Å². The molecule has 1 aliphatic rings. The second-order valence-corrected chi connectivity index (χ2v) is 6.70. The van der Waals surface area contributed by atoms with Crippen molar-refractivity contribution in [2.24, 2.45) is 0 Å². The van der Waals surface area contributed by atoms with Crippen molar-refractivity contribution in [3.8, 4) is 5.75 Å². The van der Waals surface area contributed by atoms with Crippen LogP contribution >= 0.6 is 0 Å². The third-order valence-corrected chi connectivity index (χ3v) is 4.63. The first-order valence-electron chi connectivity index (χ1n) is 7.55. The first-order valence-corrected chi connectivity index (χ1v) is 7.55.